The second-order valence-corrected chi connectivity index (χ2v) is 8.95. The van der Waals surface area contributed by atoms with E-state index in [1.165, 1.54) is 7.11 Å². The molecule has 2 aromatic rings. The van der Waals surface area contributed by atoms with Crippen molar-refractivity contribution in [1.29, 1.82) is 5.41 Å². The highest BCUT2D eigenvalue weighted by Crippen LogP contribution is 2.30. The molecule has 0 amide bonds. The molecule has 186 valence electrons. The zero-order chi connectivity index (χ0) is 24.7. The summed E-state index contributed by atoms with van der Waals surface area (Å²) in [5.74, 6) is 1.43. The van der Waals surface area contributed by atoms with E-state index in [4.69, 9.17) is 10.1 Å². The van der Waals surface area contributed by atoms with Crippen molar-refractivity contribution < 1.29 is 9.84 Å². The lowest BCUT2D eigenvalue weighted by molar-refractivity contribution is 0.145. The molecule has 0 bridgehead atoms. The van der Waals surface area contributed by atoms with Crippen LogP contribution in [0.4, 0.5) is 11.5 Å². The number of aromatic amines is 1. The molecular formula is C25H38N6O3. The van der Waals surface area contributed by atoms with Gasteiger partial charge in [-0.1, -0.05) is 33.1 Å². The fourth-order valence-corrected chi connectivity index (χ4v) is 4.27. The number of rotatable bonds is 11. The maximum atomic E-state index is 13.1. The van der Waals surface area contributed by atoms with E-state index in [9.17, 15) is 9.90 Å². The average molecular weight is 471 g/mol. The molecule has 0 radical (unpaired) electrons. The molecule has 1 unspecified atom stereocenters. The molecular weight excluding hydrogens is 432 g/mol. The number of piperidine rings is 1. The number of aromatic nitrogens is 3. The number of H-pyrrole nitrogens is 1. The lowest BCUT2D eigenvalue weighted by atomic mass is 10.1. The van der Waals surface area contributed by atoms with Crippen molar-refractivity contribution in [3.8, 4) is 17.3 Å². The number of pyridine rings is 1. The number of methoxy groups -OCH3 is 1. The van der Waals surface area contributed by atoms with Gasteiger partial charge in [0, 0.05) is 19.1 Å². The van der Waals surface area contributed by atoms with Crippen molar-refractivity contribution in [2.24, 2.45) is 0 Å². The Kier molecular flexibility index (Phi) is 9.04. The number of unbranched alkanes of at least 4 members (excludes halogenated alkanes) is 2. The summed E-state index contributed by atoms with van der Waals surface area (Å²) in [6.45, 7) is 7.35. The van der Waals surface area contributed by atoms with Crippen LogP contribution in [0, 0.1) is 5.41 Å². The van der Waals surface area contributed by atoms with Gasteiger partial charge in [0.2, 0.25) is 5.88 Å². The highest BCUT2D eigenvalue weighted by atomic mass is 16.5. The molecule has 34 heavy (non-hydrogen) atoms. The molecule has 0 aromatic carbocycles. The molecule has 9 heteroatoms. The summed E-state index contributed by atoms with van der Waals surface area (Å²) in [5.41, 5.74) is 1.15. The standard InChI is InChI=1S/C25H38N6O3/c1-5-7-8-9-17(6-2)27-22-21(16(3)26)29-23(30-24(22)33)19-10-11-20(28-25(19)34-4)31-14-12-18(32)13-15-31/h10-11,17-18,26-27,32H,5-9,12-15H2,1-4H3,(H,29,30,33). The van der Waals surface area contributed by atoms with E-state index >= 15 is 0 Å². The topological polar surface area (TPSA) is 127 Å². The summed E-state index contributed by atoms with van der Waals surface area (Å²) in [7, 11) is 1.54. The van der Waals surface area contributed by atoms with Crippen molar-refractivity contribution >= 4 is 17.2 Å². The predicted octanol–water partition coefficient (Wildman–Crippen LogP) is 3.96. The van der Waals surface area contributed by atoms with Crippen LogP contribution in [-0.4, -0.2) is 58.1 Å². The molecule has 0 aliphatic carbocycles. The molecule has 0 saturated carbocycles. The summed E-state index contributed by atoms with van der Waals surface area (Å²) in [6.07, 6.45) is 6.39. The summed E-state index contributed by atoms with van der Waals surface area (Å²) < 4.78 is 5.54. The van der Waals surface area contributed by atoms with E-state index in [-0.39, 0.29) is 23.4 Å². The minimum atomic E-state index is -0.309. The van der Waals surface area contributed by atoms with Crippen LogP contribution >= 0.6 is 0 Å². The fourth-order valence-electron chi connectivity index (χ4n) is 4.27. The van der Waals surface area contributed by atoms with Crippen molar-refractivity contribution in [2.75, 3.05) is 30.4 Å². The monoisotopic (exact) mass is 470 g/mol. The Bertz CT molecular complexity index is 1030. The lowest BCUT2D eigenvalue weighted by Gasteiger charge is -2.30. The van der Waals surface area contributed by atoms with Gasteiger partial charge in [0.25, 0.3) is 5.56 Å². The number of anilines is 2. The van der Waals surface area contributed by atoms with Crippen LogP contribution in [0.2, 0.25) is 0 Å². The van der Waals surface area contributed by atoms with Gasteiger partial charge < -0.3 is 30.5 Å². The largest absolute Gasteiger partial charge is 0.480 e. The highest BCUT2D eigenvalue weighted by Gasteiger charge is 2.22. The van der Waals surface area contributed by atoms with Gasteiger partial charge in [-0.2, -0.15) is 4.98 Å². The van der Waals surface area contributed by atoms with Gasteiger partial charge in [-0.3, -0.25) is 4.79 Å². The first-order valence-electron chi connectivity index (χ1n) is 12.3. The fraction of sp³-hybridized carbons (Fsp3) is 0.600. The lowest BCUT2D eigenvalue weighted by Crippen LogP contribution is -2.36. The number of ether oxygens (including phenoxy) is 1. The van der Waals surface area contributed by atoms with Crippen molar-refractivity contribution in [2.45, 2.75) is 77.9 Å². The Morgan fingerprint density at radius 3 is 2.65 bits per heavy atom. The van der Waals surface area contributed by atoms with Crippen LogP contribution < -0.4 is 20.5 Å². The maximum absolute atomic E-state index is 13.1. The first-order valence-corrected chi connectivity index (χ1v) is 12.3. The molecule has 2 aromatic heterocycles. The number of aliphatic hydroxyl groups is 1. The average Bonchev–Trinajstić information content (AvgIpc) is 2.84. The zero-order valence-corrected chi connectivity index (χ0v) is 20.8. The minimum absolute atomic E-state index is 0.150. The number of aliphatic hydroxyl groups excluding tert-OH is 1. The molecule has 1 saturated heterocycles. The van der Waals surface area contributed by atoms with E-state index in [0.717, 1.165) is 51.0 Å². The quantitative estimate of drug-likeness (QED) is 0.289. The summed E-state index contributed by atoms with van der Waals surface area (Å²) in [5, 5.41) is 21.4. The van der Waals surface area contributed by atoms with Crippen LogP contribution in [-0.2, 0) is 0 Å². The second-order valence-electron chi connectivity index (χ2n) is 8.95. The normalized spacial score (nSPS) is 15.3. The SMILES string of the molecule is CCCCCC(CC)Nc1c(C(C)=N)nc(-c2ccc(N3CCC(O)CC3)nc2OC)[nH]c1=O. The van der Waals surface area contributed by atoms with Crippen molar-refractivity contribution in [1.82, 2.24) is 15.0 Å². The molecule has 1 aliphatic rings. The van der Waals surface area contributed by atoms with Gasteiger partial charge in [-0.15, -0.1) is 0 Å². The number of hydrogen-bond acceptors (Lipinski definition) is 8. The third-order valence-electron chi connectivity index (χ3n) is 6.35. The molecule has 3 heterocycles. The van der Waals surface area contributed by atoms with Gasteiger partial charge in [-0.05, 0) is 44.7 Å². The third-order valence-corrected chi connectivity index (χ3v) is 6.35. The van der Waals surface area contributed by atoms with E-state index in [2.05, 4.69) is 39.0 Å². The first kappa shape index (κ1) is 25.7. The summed E-state index contributed by atoms with van der Waals surface area (Å²) in [6, 6.07) is 3.86. The maximum Gasteiger partial charge on any atom is 0.275 e. The Morgan fingerprint density at radius 2 is 2.03 bits per heavy atom. The molecule has 3 rings (SSSR count). The molecule has 1 aliphatic heterocycles. The van der Waals surface area contributed by atoms with Gasteiger partial charge in [0.15, 0.2) is 0 Å². The van der Waals surface area contributed by atoms with Gasteiger partial charge in [0.05, 0.1) is 24.5 Å². The van der Waals surface area contributed by atoms with Gasteiger partial charge in [0.1, 0.15) is 23.0 Å². The summed E-state index contributed by atoms with van der Waals surface area (Å²) >= 11 is 0. The van der Waals surface area contributed by atoms with E-state index in [1.54, 1.807) is 6.92 Å². The van der Waals surface area contributed by atoms with E-state index in [0.29, 0.717) is 41.5 Å². The van der Waals surface area contributed by atoms with Crippen LogP contribution in [0.15, 0.2) is 16.9 Å². The van der Waals surface area contributed by atoms with Gasteiger partial charge >= 0.3 is 0 Å². The Balaban J connectivity index is 1.92. The molecule has 1 atom stereocenters. The van der Waals surface area contributed by atoms with Crippen LogP contribution in [0.25, 0.3) is 11.4 Å². The first-order chi connectivity index (χ1) is 16.4. The van der Waals surface area contributed by atoms with E-state index in [1.807, 2.05) is 12.1 Å². The molecule has 4 N–H and O–H groups in total. The van der Waals surface area contributed by atoms with E-state index < -0.39 is 0 Å². The zero-order valence-electron chi connectivity index (χ0n) is 20.8. The van der Waals surface area contributed by atoms with Crippen LogP contribution in [0.5, 0.6) is 5.88 Å². The smallest absolute Gasteiger partial charge is 0.275 e. The third kappa shape index (κ3) is 6.14. The predicted molar refractivity (Wildman–Crippen MR) is 136 cm³/mol. The Hall–Kier alpha value is -2.94. The second kappa shape index (κ2) is 12.0. The highest BCUT2D eigenvalue weighted by molar-refractivity contribution is 5.99. The summed E-state index contributed by atoms with van der Waals surface area (Å²) in [4.78, 5) is 27.4. The number of nitrogens with zero attached hydrogens (tertiary/aromatic N) is 3. The molecule has 0 spiro atoms. The Labute approximate surface area is 201 Å². The minimum Gasteiger partial charge on any atom is -0.480 e. The Morgan fingerprint density at radius 1 is 1.29 bits per heavy atom. The molecule has 1 fully saturated rings. The molecule has 9 nitrogen and oxygen atoms in total. The van der Waals surface area contributed by atoms with Crippen molar-refractivity contribution in [3.05, 3.63) is 28.2 Å². The van der Waals surface area contributed by atoms with Crippen molar-refractivity contribution in [3.63, 3.8) is 0 Å². The van der Waals surface area contributed by atoms with Gasteiger partial charge in [-0.25, -0.2) is 4.98 Å². The number of nitrogens with one attached hydrogen (secondary N) is 3. The van der Waals surface area contributed by atoms with Crippen LogP contribution in [0.3, 0.4) is 0 Å². The van der Waals surface area contributed by atoms with Crippen LogP contribution in [0.1, 0.15) is 71.4 Å². The number of hydrogen-bond donors (Lipinski definition) is 4.